The third kappa shape index (κ3) is 3.41. The molecule has 0 aliphatic heterocycles. The zero-order valence-electron chi connectivity index (χ0n) is 10.9. The number of phenolic OH excluding ortho intramolecular Hbond substituents is 1. The van der Waals surface area contributed by atoms with E-state index in [1.807, 2.05) is 0 Å². The number of nitrogens with zero attached hydrogens (tertiary/aromatic N) is 2. The molecule has 3 aromatic rings. The molecule has 0 atom stereocenters. The molecule has 0 aliphatic rings. The van der Waals surface area contributed by atoms with Crippen LogP contribution in [0.4, 0.5) is 4.39 Å². The van der Waals surface area contributed by atoms with E-state index < -0.39 is 0 Å². The number of rotatable bonds is 4. The zero-order valence-corrected chi connectivity index (χ0v) is 11.7. The number of aromatic nitrogens is 2. The van der Waals surface area contributed by atoms with Crippen LogP contribution in [0.5, 0.6) is 5.75 Å². The maximum absolute atomic E-state index is 12.8. The highest BCUT2D eigenvalue weighted by atomic mass is 32.2. The summed E-state index contributed by atoms with van der Waals surface area (Å²) in [5.41, 5.74) is 1.72. The maximum Gasteiger partial charge on any atom is 0.277 e. The molecule has 0 saturated heterocycles. The summed E-state index contributed by atoms with van der Waals surface area (Å²) in [5, 5.41) is 17.6. The number of hydrogen-bond acceptors (Lipinski definition) is 5. The summed E-state index contributed by atoms with van der Waals surface area (Å²) < 4.78 is 18.3. The third-order valence-corrected chi connectivity index (χ3v) is 3.69. The summed E-state index contributed by atoms with van der Waals surface area (Å²) >= 11 is 1.39. The van der Waals surface area contributed by atoms with E-state index in [4.69, 9.17) is 4.42 Å². The van der Waals surface area contributed by atoms with E-state index in [1.165, 1.54) is 23.9 Å². The smallest absolute Gasteiger partial charge is 0.277 e. The van der Waals surface area contributed by atoms with Gasteiger partial charge in [0.2, 0.25) is 5.89 Å². The third-order valence-electron chi connectivity index (χ3n) is 2.80. The van der Waals surface area contributed by atoms with Gasteiger partial charge in [-0.1, -0.05) is 23.9 Å². The second kappa shape index (κ2) is 5.97. The molecule has 0 radical (unpaired) electrons. The summed E-state index contributed by atoms with van der Waals surface area (Å²) in [7, 11) is 0. The lowest BCUT2D eigenvalue weighted by Gasteiger charge is -1.98. The predicted molar refractivity (Wildman–Crippen MR) is 77.4 cm³/mol. The van der Waals surface area contributed by atoms with Crippen LogP contribution in [0.15, 0.2) is 58.2 Å². The highest BCUT2D eigenvalue weighted by Gasteiger charge is 2.09. The molecule has 106 valence electrons. The van der Waals surface area contributed by atoms with Gasteiger partial charge >= 0.3 is 0 Å². The van der Waals surface area contributed by atoms with Gasteiger partial charge in [0.15, 0.2) is 0 Å². The first-order valence-electron chi connectivity index (χ1n) is 6.21. The van der Waals surface area contributed by atoms with Crippen molar-refractivity contribution in [3.63, 3.8) is 0 Å². The van der Waals surface area contributed by atoms with Crippen LogP contribution >= 0.6 is 11.8 Å². The Morgan fingerprint density at radius 3 is 2.43 bits per heavy atom. The molecule has 21 heavy (non-hydrogen) atoms. The van der Waals surface area contributed by atoms with Crippen molar-refractivity contribution in [2.75, 3.05) is 0 Å². The number of halogens is 1. The molecule has 2 aromatic carbocycles. The van der Waals surface area contributed by atoms with Gasteiger partial charge in [-0.25, -0.2) is 4.39 Å². The molecule has 0 spiro atoms. The van der Waals surface area contributed by atoms with E-state index >= 15 is 0 Å². The van der Waals surface area contributed by atoms with Gasteiger partial charge < -0.3 is 9.52 Å². The Bertz CT molecular complexity index is 726. The van der Waals surface area contributed by atoms with Crippen LogP contribution in [0, 0.1) is 5.82 Å². The average Bonchev–Trinajstić information content (AvgIpc) is 2.96. The van der Waals surface area contributed by atoms with Crippen molar-refractivity contribution in [3.8, 4) is 17.2 Å². The van der Waals surface area contributed by atoms with E-state index in [9.17, 15) is 9.50 Å². The number of phenols is 1. The summed E-state index contributed by atoms with van der Waals surface area (Å²) in [4.78, 5) is 0. The molecule has 1 aromatic heterocycles. The second-order valence-electron chi connectivity index (χ2n) is 4.34. The molecule has 0 fully saturated rings. The summed E-state index contributed by atoms with van der Waals surface area (Å²) in [6.07, 6.45) is 0. The van der Waals surface area contributed by atoms with Crippen molar-refractivity contribution in [1.82, 2.24) is 10.2 Å². The molecule has 1 N–H and O–H groups in total. The molecule has 0 amide bonds. The van der Waals surface area contributed by atoms with Crippen molar-refractivity contribution < 1.29 is 13.9 Å². The van der Waals surface area contributed by atoms with Crippen LogP contribution < -0.4 is 0 Å². The minimum Gasteiger partial charge on any atom is -0.508 e. The van der Waals surface area contributed by atoms with Crippen molar-refractivity contribution in [1.29, 1.82) is 0 Å². The number of benzene rings is 2. The van der Waals surface area contributed by atoms with E-state index in [2.05, 4.69) is 10.2 Å². The first kappa shape index (κ1) is 13.6. The average molecular weight is 302 g/mol. The lowest BCUT2D eigenvalue weighted by Crippen LogP contribution is -1.81. The minimum atomic E-state index is -0.254. The van der Waals surface area contributed by atoms with Gasteiger partial charge in [-0.05, 0) is 42.0 Å². The number of hydrogen-bond donors (Lipinski definition) is 1. The summed E-state index contributed by atoms with van der Waals surface area (Å²) in [5.74, 6) is 0.953. The monoisotopic (exact) mass is 302 g/mol. The van der Waals surface area contributed by atoms with Crippen LogP contribution in [0.25, 0.3) is 11.5 Å². The predicted octanol–water partition coefficient (Wildman–Crippen LogP) is 3.87. The van der Waals surface area contributed by atoms with Gasteiger partial charge in [-0.3, -0.25) is 0 Å². The van der Waals surface area contributed by atoms with Gasteiger partial charge in [0, 0.05) is 11.3 Å². The Morgan fingerprint density at radius 2 is 1.71 bits per heavy atom. The number of thioether (sulfide) groups is 1. The topological polar surface area (TPSA) is 59.2 Å². The molecule has 0 unspecified atom stereocenters. The molecule has 3 rings (SSSR count). The largest absolute Gasteiger partial charge is 0.508 e. The highest BCUT2D eigenvalue weighted by Crippen LogP contribution is 2.26. The fourth-order valence-electron chi connectivity index (χ4n) is 1.71. The first-order chi connectivity index (χ1) is 10.2. The van der Waals surface area contributed by atoms with Gasteiger partial charge in [-0.15, -0.1) is 10.2 Å². The molecular weight excluding hydrogens is 291 g/mol. The Balaban J connectivity index is 1.67. The molecule has 4 nitrogen and oxygen atoms in total. The molecule has 1 heterocycles. The molecule has 6 heteroatoms. The fraction of sp³-hybridized carbons (Fsp3) is 0.0667. The van der Waals surface area contributed by atoms with Crippen LogP contribution in [0.2, 0.25) is 0 Å². The first-order valence-corrected chi connectivity index (χ1v) is 7.19. The van der Waals surface area contributed by atoms with E-state index in [1.54, 1.807) is 36.4 Å². The Hall–Kier alpha value is -2.34. The molecule has 0 saturated carbocycles. The Labute approximate surface area is 124 Å². The lowest BCUT2D eigenvalue weighted by molar-refractivity contribution is 0.465. The molecule has 0 aliphatic carbocycles. The van der Waals surface area contributed by atoms with Gasteiger partial charge in [0.05, 0.1) is 0 Å². The second-order valence-corrected chi connectivity index (χ2v) is 5.26. The standard InChI is InChI=1S/C15H11FN2O2S/c16-12-5-1-10(2-6-12)9-21-15-18-17-14(20-15)11-3-7-13(19)8-4-11/h1-8,19H,9H2. The van der Waals surface area contributed by atoms with Crippen molar-refractivity contribution in [2.24, 2.45) is 0 Å². The van der Waals surface area contributed by atoms with Crippen LogP contribution in [-0.4, -0.2) is 15.3 Å². The normalized spacial score (nSPS) is 10.7. The SMILES string of the molecule is Oc1ccc(-c2nnc(SCc3ccc(F)cc3)o2)cc1. The van der Waals surface area contributed by atoms with E-state index in [-0.39, 0.29) is 11.6 Å². The fourth-order valence-corrected chi connectivity index (χ4v) is 2.43. The van der Waals surface area contributed by atoms with Crippen molar-refractivity contribution in [3.05, 3.63) is 59.9 Å². The van der Waals surface area contributed by atoms with Crippen LogP contribution in [0.3, 0.4) is 0 Å². The van der Waals surface area contributed by atoms with Crippen molar-refractivity contribution in [2.45, 2.75) is 11.0 Å². The zero-order chi connectivity index (χ0) is 14.7. The summed E-state index contributed by atoms with van der Waals surface area (Å²) in [6, 6.07) is 12.8. The maximum atomic E-state index is 12.8. The minimum absolute atomic E-state index is 0.184. The Kier molecular flexibility index (Phi) is 3.87. The van der Waals surface area contributed by atoms with Gasteiger partial charge in [-0.2, -0.15) is 0 Å². The van der Waals surface area contributed by atoms with Gasteiger partial charge in [0.25, 0.3) is 5.22 Å². The highest BCUT2D eigenvalue weighted by molar-refractivity contribution is 7.98. The van der Waals surface area contributed by atoms with Gasteiger partial charge in [0.1, 0.15) is 11.6 Å². The summed E-state index contributed by atoms with van der Waals surface area (Å²) in [6.45, 7) is 0. The lowest BCUT2D eigenvalue weighted by atomic mass is 10.2. The number of aromatic hydroxyl groups is 1. The molecular formula is C15H11FN2O2S. The van der Waals surface area contributed by atoms with E-state index in [0.717, 1.165) is 11.1 Å². The quantitative estimate of drug-likeness (QED) is 0.741. The van der Waals surface area contributed by atoms with E-state index in [0.29, 0.717) is 16.9 Å². The Morgan fingerprint density at radius 1 is 1.00 bits per heavy atom. The molecule has 0 bridgehead atoms. The van der Waals surface area contributed by atoms with Crippen molar-refractivity contribution >= 4 is 11.8 Å². The van der Waals surface area contributed by atoms with Crippen LogP contribution in [-0.2, 0) is 5.75 Å². The van der Waals surface area contributed by atoms with Crippen LogP contribution in [0.1, 0.15) is 5.56 Å².